The number of hydrogen-bond donors (Lipinski definition) is 3. The van der Waals surface area contributed by atoms with Gasteiger partial charge < -0.3 is 5.32 Å². The molecule has 0 aromatic carbocycles. The fraction of sp³-hybridized carbons (Fsp3) is 1.00. The zero-order chi connectivity index (χ0) is 15.5. The average molecular weight is 320 g/mol. The molecule has 23 heavy (non-hydrogen) atoms. The Morgan fingerprint density at radius 1 is 0.609 bits per heavy atom. The van der Waals surface area contributed by atoms with Crippen LogP contribution in [0, 0.1) is 23.7 Å². The summed E-state index contributed by atoms with van der Waals surface area (Å²) in [5, 5.41) is 3.69. The van der Waals surface area contributed by atoms with Gasteiger partial charge in [0.25, 0.3) is 0 Å². The molecule has 3 N–H and O–H groups in total. The van der Waals surface area contributed by atoms with Crippen molar-refractivity contribution in [1.29, 1.82) is 0 Å². The molecule has 2 heterocycles. The molecule has 2 saturated heterocycles. The van der Waals surface area contributed by atoms with Crippen LogP contribution in [-0.2, 0) is 0 Å². The second-order valence-electron chi connectivity index (χ2n) is 8.94. The number of hydrazine groups is 1. The fourth-order valence-electron chi connectivity index (χ4n) is 6.16. The van der Waals surface area contributed by atoms with Crippen LogP contribution in [0.15, 0.2) is 0 Å². The Labute approximate surface area is 142 Å². The molecule has 2 aliphatic heterocycles. The van der Waals surface area contributed by atoms with Crippen LogP contribution < -0.4 is 16.2 Å². The summed E-state index contributed by atoms with van der Waals surface area (Å²) in [5.41, 5.74) is 7.46. The maximum atomic E-state index is 3.77. The van der Waals surface area contributed by atoms with Crippen LogP contribution in [0.25, 0.3) is 0 Å². The summed E-state index contributed by atoms with van der Waals surface area (Å²) in [4.78, 5) is 0. The molecule has 0 aromatic heterocycles. The van der Waals surface area contributed by atoms with E-state index in [4.69, 9.17) is 0 Å². The van der Waals surface area contributed by atoms with Crippen molar-refractivity contribution in [2.75, 3.05) is 13.1 Å². The largest absolute Gasteiger partial charge is 0.317 e. The highest BCUT2D eigenvalue weighted by Gasteiger charge is 2.44. The summed E-state index contributed by atoms with van der Waals surface area (Å²) in [6, 6.07) is 1.54. The van der Waals surface area contributed by atoms with Crippen molar-refractivity contribution in [3.05, 3.63) is 0 Å². The molecule has 4 aliphatic rings. The molecular weight excluding hydrogens is 282 g/mol. The molecule has 0 radical (unpaired) electrons. The third-order valence-corrected chi connectivity index (χ3v) is 7.42. The van der Waals surface area contributed by atoms with Gasteiger partial charge in [-0.1, -0.05) is 25.7 Å². The predicted molar refractivity (Wildman–Crippen MR) is 96.1 cm³/mol. The van der Waals surface area contributed by atoms with Crippen LogP contribution >= 0.6 is 0 Å². The molecule has 3 heteroatoms. The van der Waals surface area contributed by atoms with E-state index in [1.165, 1.54) is 90.1 Å². The number of rotatable bonds is 0. The molecule has 3 nitrogen and oxygen atoms in total. The average Bonchev–Trinajstić information content (AvgIpc) is 3.00. The van der Waals surface area contributed by atoms with Crippen LogP contribution in [0.5, 0.6) is 0 Å². The zero-order valence-corrected chi connectivity index (χ0v) is 14.9. The van der Waals surface area contributed by atoms with Gasteiger partial charge in [-0.25, -0.2) is 0 Å². The van der Waals surface area contributed by atoms with E-state index < -0.39 is 0 Å². The van der Waals surface area contributed by atoms with E-state index in [-0.39, 0.29) is 0 Å². The highest BCUT2D eigenvalue weighted by molar-refractivity contribution is 4.99. The van der Waals surface area contributed by atoms with Crippen LogP contribution in [0.3, 0.4) is 0 Å². The summed E-state index contributed by atoms with van der Waals surface area (Å²) in [6.45, 7) is 2.50. The lowest BCUT2D eigenvalue weighted by Gasteiger charge is -2.39. The van der Waals surface area contributed by atoms with E-state index in [9.17, 15) is 0 Å². The van der Waals surface area contributed by atoms with Gasteiger partial charge in [-0.05, 0) is 88.1 Å². The van der Waals surface area contributed by atoms with E-state index in [2.05, 4.69) is 16.2 Å². The number of fused-ring (bicyclic) bond motifs is 4. The molecule has 0 aromatic rings. The molecule has 6 atom stereocenters. The van der Waals surface area contributed by atoms with Gasteiger partial charge in [-0.15, -0.1) is 0 Å². The van der Waals surface area contributed by atoms with Gasteiger partial charge in [0, 0.05) is 12.1 Å². The van der Waals surface area contributed by atoms with E-state index >= 15 is 0 Å². The minimum Gasteiger partial charge on any atom is -0.317 e. The van der Waals surface area contributed by atoms with Crippen molar-refractivity contribution >= 4 is 0 Å². The summed E-state index contributed by atoms with van der Waals surface area (Å²) in [7, 11) is 0. The normalized spacial score (nSPS) is 45.9. The van der Waals surface area contributed by atoms with Crippen molar-refractivity contribution in [2.24, 2.45) is 23.7 Å². The van der Waals surface area contributed by atoms with E-state index in [0.29, 0.717) is 0 Å². The Hall–Kier alpha value is -0.120. The van der Waals surface area contributed by atoms with Crippen LogP contribution in [0.1, 0.15) is 77.0 Å². The first-order chi connectivity index (χ1) is 11.4. The Bertz CT molecular complexity index is 372. The predicted octanol–water partition coefficient (Wildman–Crippen LogP) is 3.61. The number of hydrogen-bond acceptors (Lipinski definition) is 3. The summed E-state index contributed by atoms with van der Waals surface area (Å²) >= 11 is 0. The van der Waals surface area contributed by atoms with Crippen molar-refractivity contribution in [1.82, 2.24) is 16.2 Å². The first kappa shape index (κ1) is 16.4. The van der Waals surface area contributed by atoms with Crippen LogP contribution in [-0.4, -0.2) is 25.2 Å². The van der Waals surface area contributed by atoms with Crippen LogP contribution in [0.4, 0.5) is 0 Å². The molecule has 2 aliphatic carbocycles. The highest BCUT2D eigenvalue weighted by Crippen LogP contribution is 2.43. The van der Waals surface area contributed by atoms with Gasteiger partial charge in [-0.3, -0.25) is 10.9 Å². The topological polar surface area (TPSA) is 36.1 Å². The SMILES string of the molecule is C1CCC2CCC3NNC(C4CCCC(CCCNC1)C4)C3C2. The minimum absolute atomic E-state index is 0.772. The second-order valence-corrected chi connectivity index (χ2v) is 8.94. The smallest absolute Gasteiger partial charge is 0.0285 e. The Balaban J connectivity index is 1.45. The molecular formula is C20H37N3. The molecule has 2 saturated carbocycles. The van der Waals surface area contributed by atoms with Gasteiger partial charge in [0.1, 0.15) is 0 Å². The van der Waals surface area contributed by atoms with Crippen molar-refractivity contribution in [3.8, 4) is 0 Å². The van der Waals surface area contributed by atoms with Crippen molar-refractivity contribution in [2.45, 2.75) is 89.1 Å². The van der Waals surface area contributed by atoms with E-state index in [1.54, 1.807) is 0 Å². The third kappa shape index (κ3) is 3.93. The maximum Gasteiger partial charge on any atom is 0.0285 e. The standard InChI is InChI=1S/C20H37N3/c1-2-11-21-12-4-7-15-6-3-8-17(13-15)20-18-14-16(5-1)9-10-19(18)22-23-20/h15-23H,1-14H2. The second kappa shape index (κ2) is 7.84. The summed E-state index contributed by atoms with van der Waals surface area (Å²) < 4.78 is 0. The van der Waals surface area contributed by atoms with Gasteiger partial charge in [0.05, 0.1) is 0 Å². The molecule has 6 unspecified atom stereocenters. The lowest BCUT2D eigenvalue weighted by molar-refractivity contribution is 0.152. The molecule has 0 amide bonds. The first-order valence-electron chi connectivity index (χ1n) is 10.6. The molecule has 4 fully saturated rings. The van der Waals surface area contributed by atoms with Gasteiger partial charge in [-0.2, -0.15) is 0 Å². The first-order valence-corrected chi connectivity index (χ1v) is 10.6. The monoisotopic (exact) mass is 319 g/mol. The summed E-state index contributed by atoms with van der Waals surface area (Å²) in [5.74, 6) is 3.86. The lowest BCUT2D eigenvalue weighted by Crippen LogP contribution is -2.41. The number of nitrogens with one attached hydrogen (secondary N) is 3. The Morgan fingerprint density at radius 3 is 2.43 bits per heavy atom. The Morgan fingerprint density at radius 2 is 1.43 bits per heavy atom. The van der Waals surface area contributed by atoms with E-state index in [0.717, 1.165) is 35.8 Å². The molecule has 4 rings (SSSR count). The molecule has 132 valence electrons. The van der Waals surface area contributed by atoms with Gasteiger partial charge in [0.15, 0.2) is 0 Å². The van der Waals surface area contributed by atoms with E-state index in [1.807, 2.05) is 0 Å². The van der Waals surface area contributed by atoms with Crippen molar-refractivity contribution in [3.63, 3.8) is 0 Å². The maximum absolute atomic E-state index is 3.77. The summed E-state index contributed by atoms with van der Waals surface area (Å²) in [6.07, 6.45) is 17.4. The minimum atomic E-state index is 0.772. The fourth-order valence-corrected chi connectivity index (χ4v) is 6.16. The van der Waals surface area contributed by atoms with Gasteiger partial charge >= 0.3 is 0 Å². The zero-order valence-electron chi connectivity index (χ0n) is 14.9. The van der Waals surface area contributed by atoms with Crippen LogP contribution in [0.2, 0.25) is 0 Å². The van der Waals surface area contributed by atoms with Crippen molar-refractivity contribution < 1.29 is 0 Å². The highest BCUT2D eigenvalue weighted by atomic mass is 15.4. The molecule has 0 spiro atoms. The van der Waals surface area contributed by atoms with Gasteiger partial charge in [0.2, 0.25) is 0 Å². The molecule has 4 bridgehead atoms. The Kier molecular flexibility index (Phi) is 5.58. The lowest BCUT2D eigenvalue weighted by atomic mass is 9.68. The third-order valence-electron chi connectivity index (χ3n) is 7.42. The quantitative estimate of drug-likeness (QED) is 0.638.